The van der Waals surface area contributed by atoms with E-state index in [1.165, 1.54) is 92.9 Å². The van der Waals surface area contributed by atoms with Crippen LogP contribution in [-0.4, -0.2) is 0 Å². The second-order valence-corrected chi connectivity index (χ2v) is 13.0. The molecule has 0 fully saturated rings. The van der Waals surface area contributed by atoms with Crippen LogP contribution in [0.15, 0.2) is 147 Å². The molecule has 0 heterocycles. The van der Waals surface area contributed by atoms with E-state index in [4.69, 9.17) is 0 Å². The Morgan fingerprint density at radius 1 is 0.393 bits per heavy atom. The van der Waals surface area contributed by atoms with Gasteiger partial charge in [0.05, 0.1) is 0 Å². The zero-order chi connectivity index (χ0) is 40.6. The molecule has 0 spiro atoms. The lowest BCUT2D eigenvalue weighted by Crippen LogP contribution is -1.78. The fourth-order valence-electron chi connectivity index (χ4n) is 4.49. The molecule has 3 aliphatic rings. The zero-order valence-corrected chi connectivity index (χ0v) is 36.4. The monoisotopic (exact) mass is 765 g/mol. The van der Waals surface area contributed by atoms with Crippen molar-refractivity contribution >= 4 is 12.2 Å². The number of hydrogen-bond acceptors (Lipinski definition) is 0. The van der Waals surface area contributed by atoms with E-state index < -0.39 is 0 Å². The van der Waals surface area contributed by atoms with Crippen molar-refractivity contribution in [2.45, 2.75) is 172 Å². The molecule has 5 rings (SSSR count). The third kappa shape index (κ3) is 50.1. The van der Waals surface area contributed by atoms with Crippen molar-refractivity contribution in [3.63, 3.8) is 0 Å². The van der Waals surface area contributed by atoms with Crippen molar-refractivity contribution in [3.05, 3.63) is 170 Å². The number of allylic oxidation sites excluding steroid dienone is 13. The van der Waals surface area contributed by atoms with Gasteiger partial charge in [-0.05, 0) is 60.8 Å². The van der Waals surface area contributed by atoms with E-state index in [0.717, 1.165) is 38.5 Å². The van der Waals surface area contributed by atoms with E-state index in [9.17, 15) is 0 Å². The minimum Gasteiger partial charge on any atom is -0.103 e. The van der Waals surface area contributed by atoms with E-state index in [2.05, 4.69) is 190 Å². The van der Waals surface area contributed by atoms with Crippen LogP contribution < -0.4 is 0 Å². The van der Waals surface area contributed by atoms with Crippen LogP contribution in [0.3, 0.4) is 0 Å². The summed E-state index contributed by atoms with van der Waals surface area (Å²) in [6.07, 6.45) is 52.9. The van der Waals surface area contributed by atoms with Crippen LogP contribution in [0.4, 0.5) is 0 Å². The molecule has 56 heavy (non-hydrogen) atoms. The standard InChI is InChI=1S/2C10H12.C8H18.C7H16.3C5H6.C4H8.2CH4/c2*1-3-9-5-7-10(4-2)8-6-9;1-3-5-7-8-6-4-2;1-3-5-7-6-4-2;3*1-2-4-5-3-1;1-3-4-2;;/h2*3,5-8H,1,4H2,2H3;3-8H2,1-2H3;3-7H2,1-2H3;3*1-4H,5H2;3H,1,4H2,2H3;2*1H4. The van der Waals surface area contributed by atoms with Gasteiger partial charge in [0, 0.05) is 0 Å². The maximum atomic E-state index is 3.69. The molecule has 0 aliphatic heterocycles. The molecule has 0 nitrogen and oxygen atoms in total. The first-order chi connectivity index (χ1) is 26.5. The van der Waals surface area contributed by atoms with Gasteiger partial charge in [-0.15, -0.1) is 6.58 Å². The van der Waals surface area contributed by atoms with Crippen molar-refractivity contribution in [2.75, 3.05) is 0 Å². The maximum Gasteiger partial charge on any atom is -0.0163 e. The Bertz CT molecular complexity index is 1080. The second kappa shape index (κ2) is 55.4. The van der Waals surface area contributed by atoms with Gasteiger partial charge in [0.1, 0.15) is 0 Å². The van der Waals surface area contributed by atoms with E-state index in [0.29, 0.717) is 0 Å². The van der Waals surface area contributed by atoms with Crippen molar-refractivity contribution in [1.29, 1.82) is 0 Å². The largest absolute Gasteiger partial charge is 0.103 e. The molecule has 0 amide bonds. The van der Waals surface area contributed by atoms with Gasteiger partial charge in [0.15, 0.2) is 0 Å². The molecular formula is C56H92. The van der Waals surface area contributed by atoms with Crippen LogP contribution in [0.25, 0.3) is 12.2 Å². The Morgan fingerprint density at radius 3 is 0.768 bits per heavy atom. The summed E-state index contributed by atoms with van der Waals surface area (Å²) in [6, 6.07) is 16.9. The van der Waals surface area contributed by atoms with Gasteiger partial charge in [-0.2, -0.15) is 0 Å². The fourth-order valence-corrected chi connectivity index (χ4v) is 4.49. The highest BCUT2D eigenvalue weighted by Gasteiger charge is 1.88. The van der Waals surface area contributed by atoms with Gasteiger partial charge in [-0.1, -0.05) is 287 Å². The molecule has 0 aromatic heterocycles. The number of rotatable bonds is 14. The summed E-state index contributed by atoms with van der Waals surface area (Å²) in [6.45, 7) is 26.2. The van der Waals surface area contributed by atoms with Crippen molar-refractivity contribution in [3.8, 4) is 0 Å². The summed E-state index contributed by atoms with van der Waals surface area (Å²) in [5.41, 5.74) is 5.14. The van der Waals surface area contributed by atoms with Crippen molar-refractivity contribution in [1.82, 2.24) is 0 Å². The maximum absolute atomic E-state index is 3.69. The Hall–Kier alpha value is -3.90. The molecule has 3 aliphatic carbocycles. The topological polar surface area (TPSA) is 0 Å². The molecule has 0 bridgehead atoms. The normalized spacial score (nSPS) is 11.1. The first kappa shape index (κ1) is 61.3. The van der Waals surface area contributed by atoms with E-state index in [1.807, 2.05) is 18.2 Å². The molecule has 2 aromatic rings. The van der Waals surface area contributed by atoms with Crippen LogP contribution in [-0.2, 0) is 12.8 Å². The lowest BCUT2D eigenvalue weighted by atomic mass is 10.1. The zero-order valence-electron chi connectivity index (χ0n) is 36.4. The molecule has 316 valence electrons. The minimum absolute atomic E-state index is 0. The van der Waals surface area contributed by atoms with Gasteiger partial charge < -0.3 is 0 Å². The van der Waals surface area contributed by atoms with E-state index in [1.54, 1.807) is 0 Å². The Labute approximate surface area is 352 Å². The average Bonchev–Trinajstić information content (AvgIpc) is 4.09. The molecule has 0 saturated heterocycles. The summed E-state index contributed by atoms with van der Waals surface area (Å²) in [7, 11) is 0. The van der Waals surface area contributed by atoms with E-state index >= 15 is 0 Å². The molecule has 2 aromatic carbocycles. The average molecular weight is 765 g/mol. The molecule has 0 heteroatoms. The SMILES string of the molecule is C.C.C1=CCC=C1.C1=CCC=C1.C1=CCC=C1.C=CCC.C=Cc1ccc(CC)cc1.C=Cc1ccc(CC)cc1.CCCCCCC.CCCCCCCC. The Balaban J connectivity index is -0.000000179. The summed E-state index contributed by atoms with van der Waals surface area (Å²) in [5.74, 6) is 0. The molecular weight excluding hydrogens is 673 g/mol. The Kier molecular flexibility index (Phi) is 60.7. The highest BCUT2D eigenvalue weighted by Crippen LogP contribution is 2.06. The minimum atomic E-state index is 0. The van der Waals surface area contributed by atoms with Crippen molar-refractivity contribution < 1.29 is 0 Å². The number of aryl methyl sites for hydroxylation is 2. The lowest BCUT2D eigenvalue weighted by molar-refractivity contribution is 0.624. The molecule has 0 saturated carbocycles. The molecule has 0 radical (unpaired) electrons. The van der Waals surface area contributed by atoms with Gasteiger partial charge in [-0.3, -0.25) is 0 Å². The number of hydrogen-bond donors (Lipinski definition) is 0. The Morgan fingerprint density at radius 2 is 0.625 bits per heavy atom. The first-order valence-electron chi connectivity index (χ1n) is 21.5. The molecule has 0 unspecified atom stereocenters. The fraction of sp³-hybridized carbons (Fsp3) is 0.464. The summed E-state index contributed by atoms with van der Waals surface area (Å²) in [5, 5.41) is 0. The predicted molar refractivity (Wildman–Crippen MR) is 268 cm³/mol. The smallest absolute Gasteiger partial charge is 0.0163 e. The first-order valence-corrected chi connectivity index (χ1v) is 21.5. The van der Waals surface area contributed by atoms with Gasteiger partial charge in [0.2, 0.25) is 0 Å². The summed E-state index contributed by atoms with van der Waals surface area (Å²) >= 11 is 0. The third-order valence-corrected chi connectivity index (χ3v) is 8.17. The predicted octanol–water partition coefficient (Wildman–Crippen LogP) is 19.5. The van der Waals surface area contributed by atoms with Gasteiger partial charge in [-0.25, -0.2) is 0 Å². The molecule has 0 atom stereocenters. The third-order valence-electron chi connectivity index (χ3n) is 8.17. The highest BCUT2D eigenvalue weighted by atomic mass is 13.9. The number of benzene rings is 2. The highest BCUT2D eigenvalue weighted by molar-refractivity contribution is 5.47. The van der Waals surface area contributed by atoms with Crippen LogP contribution in [0.5, 0.6) is 0 Å². The van der Waals surface area contributed by atoms with Crippen molar-refractivity contribution in [2.24, 2.45) is 0 Å². The van der Waals surface area contributed by atoms with Crippen LogP contribution in [0, 0.1) is 0 Å². The second-order valence-electron chi connectivity index (χ2n) is 13.0. The van der Waals surface area contributed by atoms with Crippen LogP contribution in [0.2, 0.25) is 0 Å². The van der Waals surface area contributed by atoms with E-state index in [-0.39, 0.29) is 14.9 Å². The van der Waals surface area contributed by atoms with Gasteiger partial charge >= 0.3 is 0 Å². The lowest BCUT2D eigenvalue weighted by Gasteiger charge is -1.95. The summed E-state index contributed by atoms with van der Waals surface area (Å²) < 4.78 is 0. The quantitative estimate of drug-likeness (QED) is 0.133. The van der Waals surface area contributed by atoms with Crippen LogP contribution in [0.1, 0.15) is 182 Å². The van der Waals surface area contributed by atoms with Gasteiger partial charge in [0.25, 0.3) is 0 Å². The number of unbranched alkanes of at least 4 members (excludes halogenated alkanes) is 9. The van der Waals surface area contributed by atoms with Crippen LogP contribution >= 0.6 is 0 Å². The summed E-state index contributed by atoms with van der Waals surface area (Å²) in [4.78, 5) is 0. The molecule has 0 N–H and O–H groups in total.